The maximum atomic E-state index is 6.51. The molecule has 29 heavy (non-hydrogen) atoms. The molecule has 0 radical (unpaired) electrons. The van der Waals surface area contributed by atoms with Gasteiger partial charge in [0.1, 0.15) is 11.4 Å². The van der Waals surface area contributed by atoms with Crippen LogP contribution < -0.4 is 10.1 Å². The van der Waals surface area contributed by atoms with Crippen molar-refractivity contribution < 1.29 is 4.74 Å². The van der Waals surface area contributed by atoms with Gasteiger partial charge in [0, 0.05) is 35.4 Å². The van der Waals surface area contributed by atoms with Crippen LogP contribution in [0.15, 0.2) is 59.5 Å². The molecule has 2 heterocycles. The van der Waals surface area contributed by atoms with Crippen LogP contribution in [0.4, 0.5) is 0 Å². The van der Waals surface area contributed by atoms with E-state index in [1.54, 1.807) is 0 Å². The predicted molar refractivity (Wildman–Crippen MR) is 123 cm³/mol. The Morgan fingerprint density at radius 2 is 1.59 bits per heavy atom. The van der Waals surface area contributed by atoms with Gasteiger partial charge in [-0.3, -0.25) is 0 Å². The summed E-state index contributed by atoms with van der Waals surface area (Å²) in [5, 5.41) is 3.46. The molecule has 4 rings (SSSR count). The molecule has 3 nitrogen and oxygen atoms in total. The van der Waals surface area contributed by atoms with Crippen LogP contribution in [-0.4, -0.2) is 35.1 Å². The normalized spacial score (nSPS) is 18.1. The number of ether oxygens (including phenoxy) is 1. The van der Waals surface area contributed by atoms with Gasteiger partial charge in [0.2, 0.25) is 0 Å². The molecule has 2 aromatic carbocycles. The molecule has 4 heteroatoms. The van der Waals surface area contributed by atoms with E-state index in [2.05, 4.69) is 91.9 Å². The van der Waals surface area contributed by atoms with Gasteiger partial charge < -0.3 is 10.1 Å². The Labute approximate surface area is 179 Å². The molecule has 0 unspecified atom stereocenters. The molecular formula is C25H32N2OS. The lowest BCUT2D eigenvalue weighted by Gasteiger charge is -2.40. The largest absolute Gasteiger partial charge is 0.482 e. The van der Waals surface area contributed by atoms with Gasteiger partial charge in [0.05, 0.1) is 0 Å². The van der Waals surface area contributed by atoms with Crippen molar-refractivity contribution in [2.24, 2.45) is 0 Å². The van der Waals surface area contributed by atoms with E-state index in [9.17, 15) is 0 Å². The van der Waals surface area contributed by atoms with Gasteiger partial charge in [0.25, 0.3) is 0 Å². The van der Waals surface area contributed by atoms with Crippen molar-refractivity contribution in [1.29, 1.82) is 0 Å². The molecule has 2 aliphatic rings. The van der Waals surface area contributed by atoms with E-state index in [1.165, 1.54) is 21.6 Å². The van der Waals surface area contributed by atoms with Crippen molar-refractivity contribution in [3.05, 3.63) is 65.7 Å². The Kier molecular flexibility index (Phi) is 6.05. The predicted octanol–water partition coefficient (Wildman–Crippen LogP) is 5.76. The lowest BCUT2D eigenvalue weighted by molar-refractivity contribution is 0.0817. The molecule has 0 saturated carbocycles. The number of nitrogens with zero attached hydrogens (tertiary/aromatic N) is 1. The average molecular weight is 409 g/mol. The average Bonchev–Trinajstić information content (AvgIpc) is 2.72. The number of nitrogens with one attached hydrogen (secondary N) is 1. The van der Waals surface area contributed by atoms with Crippen molar-refractivity contribution in [2.75, 3.05) is 13.1 Å². The number of piperidine rings is 1. The summed E-state index contributed by atoms with van der Waals surface area (Å²) in [5.74, 6) is 1.01. The lowest BCUT2D eigenvalue weighted by atomic mass is 9.83. The van der Waals surface area contributed by atoms with E-state index in [4.69, 9.17) is 4.74 Å². The van der Waals surface area contributed by atoms with Crippen molar-refractivity contribution in [2.45, 2.75) is 63.1 Å². The molecule has 0 aromatic heterocycles. The molecule has 0 atom stereocenters. The Morgan fingerprint density at radius 3 is 2.24 bits per heavy atom. The number of benzene rings is 2. The van der Waals surface area contributed by atoms with E-state index in [0.29, 0.717) is 12.1 Å². The number of hydrogen-bond acceptors (Lipinski definition) is 4. The fourth-order valence-electron chi connectivity index (χ4n) is 4.33. The zero-order valence-electron chi connectivity index (χ0n) is 17.9. The van der Waals surface area contributed by atoms with Gasteiger partial charge in [0.15, 0.2) is 0 Å². The van der Waals surface area contributed by atoms with Crippen LogP contribution in [-0.2, 0) is 0 Å². The van der Waals surface area contributed by atoms with Crippen molar-refractivity contribution in [3.8, 4) is 5.75 Å². The fraction of sp³-hybridized carbons (Fsp3) is 0.440. The van der Waals surface area contributed by atoms with Crippen LogP contribution in [0.3, 0.4) is 0 Å². The summed E-state index contributed by atoms with van der Waals surface area (Å²) in [4.78, 5) is 1.29. The van der Waals surface area contributed by atoms with Gasteiger partial charge in [-0.1, -0.05) is 30.3 Å². The first kappa shape index (κ1) is 20.5. The maximum absolute atomic E-state index is 6.51. The van der Waals surface area contributed by atoms with Crippen LogP contribution in [0.25, 0.3) is 5.57 Å². The van der Waals surface area contributed by atoms with Crippen molar-refractivity contribution in [3.63, 3.8) is 0 Å². The minimum absolute atomic E-state index is 0.186. The third-order valence-corrected chi connectivity index (χ3v) is 7.28. The highest BCUT2D eigenvalue weighted by atomic mass is 32.2. The van der Waals surface area contributed by atoms with E-state index >= 15 is 0 Å². The summed E-state index contributed by atoms with van der Waals surface area (Å²) in [7, 11) is 0. The SMILES string of the molecule is CC(C)N(Sc1ccc(C2=CC3(CCNCC3)Oc3ccccc32)cc1)C(C)C. The molecule has 0 bridgehead atoms. The standard InChI is InChI=1S/C25H32N2OS/c1-18(2)27(19(3)4)29-21-11-9-20(10-12-21)23-17-25(13-15-26-16-14-25)28-24-8-6-5-7-22(23)24/h5-12,17-19,26H,13-16H2,1-4H3. The Bertz CT molecular complexity index is 859. The van der Waals surface area contributed by atoms with Crippen LogP contribution in [0, 0.1) is 0 Å². The fourth-order valence-corrected chi connectivity index (χ4v) is 5.25. The lowest BCUT2D eigenvalue weighted by Crippen LogP contribution is -2.46. The Morgan fingerprint density at radius 1 is 0.931 bits per heavy atom. The zero-order valence-corrected chi connectivity index (χ0v) is 18.8. The van der Waals surface area contributed by atoms with Crippen LogP contribution in [0.2, 0.25) is 0 Å². The molecule has 0 amide bonds. The summed E-state index contributed by atoms with van der Waals surface area (Å²) < 4.78 is 8.96. The molecule has 1 saturated heterocycles. The number of fused-ring (bicyclic) bond motifs is 1. The molecule has 0 aliphatic carbocycles. The topological polar surface area (TPSA) is 24.5 Å². The third-order valence-electron chi connectivity index (χ3n) is 5.74. The van der Waals surface area contributed by atoms with Crippen molar-refractivity contribution >= 4 is 17.5 Å². The van der Waals surface area contributed by atoms with Gasteiger partial charge >= 0.3 is 0 Å². The number of rotatable bonds is 5. The smallest absolute Gasteiger partial charge is 0.130 e. The first-order chi connectivity index (χ1) is 14.0. The molecular weight excluding hydrogens is 376 g/mol. The third kappa shape index (κ3) is 4.40. The highest BCUT2D eigenvalue weighted by Gasteiger charge is 2.36. The number of hydrogen-bond donors (Lipinski definition) is 1. The molecule has 1 spiro atoms. The van der Waals surface area contributed by atoms with E-state index < -0.39 is 0 Å². The monoisotopic (exact) mass is 408 g/mol. The Hall–Kier alpha value is -1.75. The minimum Gasteiger partial charge on any atom is -0.482 e. The van der Waals surface area contributed by atoms with Crippen LogP contribution >= 0.6 is 11.9 Å². The number of para-hydroxylation sites is 1. The van der Waals surface area contributed by atoms with E-state index in [1.807, 2.05) is 11.9 Å². The van der Waals surface area contributed by atoms with Crippen LogP contribution in [0.5, 0.6) is 5.75 Å². The molecule has 1 N–H and O–H groups in total. The minimum atomic E-state index is -0.186. The molecule has 1 fully saturated rings. The summed E-state index contributed by atoms with van der Waals surface area (Å²) in [6.45, 7) is 11.0. The van der Waals surface area contributed by atoms with Gasteiger partial charge in [-0.15, -0.1) is 0 Å². The summed E-state index contributed by atoms with van der Waals surface area (Å²) in [6, 6.07) is 18.5. The van der Waals surface area contributed by atoms with Gasteiger partial charge in [-0.25, -0.2) is 4.31 Å². The van der Waals surface area contributed by atoms with E-state index in [0.717, 1.165) is 31.7 Å². The summed E-state index contributed by atoms with van der Waals surface area (Å²) in [5.41, 5.74) is 3.58. The zero-order chi connectivity index (χ0) is 20.4. The molecule has 2 aromatic rings. The Balaban J connectivity index is 1.65. The molecule has 2 aliphatic heterocycles. The maximum Gasteiger partial charge on any atom is 0.130 e. The summed E-state index contributed by atoms with van der Waals surface area (Å²) >= 11 is 1.85. The second-order valence-electron chi connectivity index (χ2n) is 8.63. The van der Waals surface area contributed by atoms with Crippen molar-refractivity contribution in [1.82, 2.24) is 9.62 Å². The first-order valence-electron chi connectivity index (χ1n) is 10.8. The second kappa shape index (κ2) is 8.55. The van der Waals surface area contributed by atoms with E-state index in [-0.39, 0.29) is 5.60 Å². The second-order valence-corrected chi connectivity index (χ2v) is 9.71. The highest BCUT2D eigenvalue weighted by molar-refractivity contribution is 7.97. The van der Waals surface area contributed by atoms with Gasteiger partial charge in [-0.05, 0) is 88.1 Å². The quantitative estimate of drug-likeness (QED) is 0.636. The van der Waals surface area contributed by atoms with Gasteiger partial charge in [-0.2, -0.15) is 0 Å². The first-order valence-corrected chi connectivity index (χ1v) is 11.5. The molecule has 154 valence electrons. The van der Waals surface area contributed by atoms with Crippen LogP contribution in [0.1, 0.15) is 51.7 Å². The summed E-state index contributed by atoms with van der Waals surface area (Å²) in [6.07, 6.45) is 4.40. The highest BCUT2D eigenvalue weighted by Crippen LogP contribution is 2.42.